The molecule has 4 heteroatoms. The molecular formula is C22H29NO3. The van der Waals surface area contributed by atoms with Gasteiger partial charge >= 0.3 is 5.97 Å². The molecule has 0 fully saturated rings. The van der Waals surface area contributed by atoms with E-state index in [0.717, 1.165) is 5.56 Å². The molecule has 0 saturated carbocycles. The Labute approximate surface area is 156 Å². The topological polar surface area (TPSA) is 49.8 Å². The minimum absolute atomic E-state index is 0.0666. The van der Waals surface area contributed by atoms with Gasteiger partial charge in [0.05, 0.1) is 13.0 Å². The maximum absolute atomic E-state index is 12.1. The number of esters is 1. The Kier molecular flexibility index (Phi) is 7.37. The van der Waals surface area contributed by atoms with E-state index in [1.165, 1.54) is 5.56 Å². The summed E-state index contributed by atoms with van der Waals surface area (Å²) in [5, 5.41) is 11.4. The van der Waals surface area contributed by atoms with E-state index in [9.17, 15) is 9.90 Å². The van der Waals surface area contributed by atoms with Gasteiger partial charge < -0.3 is 9.84 Å². The number of carbonyl (C=O) groups is 1. The van der Waals surface area contributed by atoms with E-state index in [-0.39, 0.29) is 18.4 Å². The highest BCUT2D eigenvalue weighted by atomic mass is 16.5. The molecule has 0 amide bonds. The molecule has 1 N–H and O–H groups in total. The molecule has 2 aromatic carbocycles. The van der Waals surface area contributed by atoms with Crippen LogP contribution >= 0.6 is 0 Å². The molecule has 0 aliphatic carbocycles. The van der Waals surface area contributed by atoms with Crippen molar-refractivity contribution in [2.24, 2.45) is 0 Å². The molecule has 0 radical (unpaired) electrons. The van der Waals surface area contributed by atoms with E-state index in [0.29, 0.717) is 19.7 Å². The van der Waals surface area contributed by atoms with E-state index < -0.39 is 5.60 Å². The first-order valence-corrected chi connectivity index (χ1v) is 9.16. The molecular weight excluding hydrogens is 326 g/mol. The van der Waals surface area contributed by atoms with Gasteiger partial charge in [0.1, 0.15) is 5.60 Å². The number of benzene rings is 2. The van der Waals surface area contributed by atoms with Crippen LogP contribution in [0.1, 0.15) is 38.3 Å². The largest absolute Gasteiger partial charge is 0.466 e. The van der Waals surface area contributed by atoms with Gasteiger partial charge in [-0.05, 0) is 31.9 Å². The molecule has 0 aromatic heterocycles. The third-order valence-corrected chi connectivity index (χ3v) is 4.48. The van der Waals surface area contributed by atoms with Crippen LogP contribution in [0.25, 0.3) is 0 Å². The third kappa shape index (κ3) is 5.68. The lowest BCUT2D eigenvalue weighted by Crippen LogP contribution is -2.45. The first kappa shape index (κ1) is 20.1. The number of rotatable bonds is 9. The maximum atomic E-state index is 12.1. The second-order valence-corrected chi connectivity index (χ2v) is 6.86. The summed E-state index contributed by atoms with van der Waals surface area (Å²) in [7, 11) is 0. The number of hydrogen-bond acceptors (Lipinski definition) is 4. The lowest BCUT2D eigenvalue weighted by molar-refractivity contribution is -0.150. The summed E-state index contributed by atoms with van der Waals surface area (Å²) in [6.07, 6.45) is -0.0666. The zero-order valence-electron chi connectivity index (χ0n) is 15.9. The smallest absolute Gasteiger partial charge is 0.309 e. The summed E-state index contributed by atoms with van der Waals surface area (Å²) in [6, 6.07) is 19.7. The van der Waals surface area contributed by atoms with Gasteiger partial charge in [0, 0.05) is 19.1 Å². The molecule has 0 aliphatic heterocycles. The monoisotopic (exact) mass is 355 g/mol. The molecule has 0 bridgehead atoms. The van der Waals surface area contributed by atoms with Gasteiger partial charge in [-0.15, -0.1) is 0 Å². The number of hydrogen-bond donors (Lipinski definition) is 1. The van der Waals surface area contributed by atoms with Crippen LogP contribution in [0.3, 0.4) is 0 Å². The number of ether oxygens (including phenoxy) is 1. The molecule has 0 heterocycles. The van der Waals surface area contributed by atoms with Gasteiger partial charge in [-0.2, -0.15) is 0 Å². The zero-order valence-corrected chi connectivity index (χ0v) is 15.9. The Hall–Kier alpha value is -2.17. The standard InChI is InChI=1S/C22H29NO3/c1-4-26-21(24)15-22(25,20-13-9-6-10-14-20)17-23(18(2)3)16-19-11-7-5-8-12-19/h5-14,18,25H,4,15-17H2,1-3H3. The van der Waals surface area contributed by atoms with Crippen LogP contribution in [0.4, 0.5) is 0 Å². The summed E-state index contributed by atoms with van der Waals surface area (Å²) < 4.78 is 5.10. The fraction of sp³-hybridized carbons (Fsp3) is 0.409. The summed E-state index contributed by atoms with van der Waals surface area (Å²) in [6.45, 7) is 7.33. The van der Waals surface area contributed by atoms with Gasteiger partial charge in [0.15, 0.2) is 0 Å². The molecule has 0 aliphatic rings. The van der Waals surface area contributed by atoms with E-state index >= 15 is 0 Å². The number of nitrogens with zero attached hydrogens (tertiary/aromatic N) is 1. The van der Waals surface area contributed by atoms with E-state index in [1.807, 2.05) is 48.5 Å². The summed E-state index contributed by atoms with van der Waals surface area (Å²) in [5.41, 5.74) is 0.603. The predicted molar refractivity (Wildman–Crippen MR) is 104 cm³/mol. The van der Waals surface area contributed by atoms with Crippen LogP contribution < -0.4 is 0 Å². The average molecular weight is 355 g/mol. The van der Waals surface area contributed by atoms with Crippen molar-refractivity contribution in [3.8, 4) is 0 Å². The molecule has 0 spiro atoms. The van der Waals surface area contributed by atoms with Gasteiger partial charge in [0.2, 0.25) is 0 Å². The Morgan fingerprint density at radius 1 is 1.08 bits per heavy atom. The molecule has 140 valence electrons. The number of aliphatic hydroxyl groups is 1. The quantitative estimate of drug-likeness (QED) is 0.696. The van der Waals surface area contributed by atoms with Crippen LogP contribution in [-0.4, -0.2) is 35.2 Å². The third-order valence-electron chi connectivity index (χ3n) is 4.48. The first-order chi connectivity index (χ1) is 12.4. The van der Waals surface area contributed by atoms with Crippen LogP contribution in [0.5, 0.6) is 0 Å². The normalized spacial score (nSPS) is 13.6. The summed E-state index contributed by atoms with van der Waals surface area (Å²) in [5.74, 6) is -0.387. The van der Waals surface area contributed by atoms with Crippen molar-refractivity contribution in [2.45, 2.75) is 45.4 Å². The Balaban J connectivity index is 2.26. The van der Waals surface area contributed by atoms with Crippen molar-refractivity contribution in [1.82, 2.24) is 4.90 Å². The first-order valence-electron chi connectivity index (χ1n) is 9.16. The second-order valence-electron chi connectivity index (χ2n) is 6.86. The maximum Gasteiger partial charge on any atom is 0.309 e. The van der Waals surface area contributed by atoms with Crippen LogP contribution in [0.2, 0.25) is 0 Å². The summed E-state index contributed by atoms with van der Waals surface area (Å²) >= 11 is 0. The predicted octanol–water partition coefficient (Wildman–Crippen LogP) is 3.74. The van der Waals surface area contributed by atoms with Crippen molar-refractivity contribution in [1.29, 1.82) is 0 Å². The van der Waals surface area contributed by atoms with E-state index in [4.69, 9.17) is 4.74 Å². The molecule has 1 unspecified atom stereocenters. The molecule has 0 saturated heterocycles. The Morgan fingerprint density at radius 3 is 2.19 bits per heavy atom. The van der Waals surface area contributed by atoms with Crippen molar-refractivity contribution >= 4 is 5.97 Å². The molecule has 2 rings (SSSR count). The van der Waals surface area contributed by atoms with Crippen molar-refractivity contribution in [3.05, 3.63) is 71.8 Å². The van der Waals surface area contributed by atoms with E-state index in [1.54, 1.807) is 6.92 Å². The van der Waals surface area contributed by atoms with Crippen LogP contribution in [0.15, 0.2) is 60.7 Å². The van der Waals surface area contributed by atoms with Gasteiger partial charge in [-0.25, -0.2) is 0 Å². The van der Waals surface area contributed by atoms with Crippen molar-refractivity contribution < 1.29 is 14.6 Å². The zero-order chi connectivity index (χ0) is 19.0. The summed E-state index contributed by atoms with van der Waals surface area (Å²) in [4.78, 5) is 14.3. The minimum Gasteiger partial charge on any atom is -0.466 e. The molecule has 1 atom stereocenters. The second kappa shape index (κ2) is 9.51. The fourth-order valence-electron chi connectivity index (χ4n) is 3.02. The number of carbonyl (C=O) groups excluding carboxylic acids is 1. The van der Waals surface area contributed by atoms with Crippen molar-refractivity contribution in [2.75, 3.05) is 13.2 Å². The Morgan fingerprint density at radius 2 is 1.65 bits per heavy atom. The highest BCUT2D eigenvalue weighted by Gasteiger charge is 2.35. The molecule has 2 aromatic rings. The van der Waals surface area contributed by atoms with Crippen LogP contribution in [-0.2, 0) is 21.7 Å². The highest BCUT2D eigenvalue weighted by Crippen LogP contribution is 2.28. The molecule has 4 nitrogen and oxygen atoms in total. The van der Waals surface area contributed by atoms with Crippen LogP contribution in [0, 0.1) is 0 Å². The van der Waals surface area contributed by atoms with Crippen molar-refractivity contribution in [3.63, 3.8) is 0 Å². The average Bonchev–Trinajstić information content (AvgIpc) is 2.63. The molecule has 26 heavy (non-hydrogen) atoms. The SMILES string of the molecule is CCOC(=O)CC(O)(CN(Cc1ccccc1)C(C)C)c1ccccc1. The van der Waals surface area contributed by atoms with E-state index in [2.05, 4.69) is 30.9 Å². The van der Waals surface area contributed by atoms with Gasteiger partial charge in [-0.3, -0.25) is 9.69 Å². The van der Waals surface area contributed by atoms with Gasteiger partial charge in [-0.1, -0.05) is 60.7 Å². The lowest BCUT2D eigenvalue weighted by atomic mass is 9.89. The Bertz CT molecular complexity index is 672. The minimum atomic E-state index is -1.30. The highest BCUT2D eigenvalue weighted by molar-refractivity contribution is 5.71. The fourth-order valence-corrected chi connectivity index (χ4v) is 3.02. The van der Waals surface area contributed by atoms with Gasteiger partial charge in [0.25, 0.3) is 0 Å². The lowest BCUT2D eigenvalue weighted by Gasteiger charge is -2.36.